The predicted molar refractivity (Wildman–Crippen MR) is 42.9 cm³/mol. The summed E-state index contributed by atoms with van der Waals surface area (Å²) in [7, 11) is 0. The standard InChI is InChI=1S/C9H17N/c1-7-4-5-10-6-9(7)8-2-3-8/h7-10H,2-6H2,1H3. The van der Waals surface area contributed by atoms with Crippen molar-refractivity contribution in [2.24, 2.45) is 17.8 Å². The molecule has 58 valence electrons. The van der Waals surface area contributed by atoms with Crippen LogP contribution in [0.4, 0.5) is 0 Å². The van der Waals surface area contributed by atoms with Gasteiger partial charge in [0.2, 0.25) is 0 Å². The fourth-order valence-electron chi connectivity index (χ4n) is 2.17. The van der Waals surface area contributed by atoms with Gasteiger partial charge >= 0.3 is 0 Å². The van der Waals surface area contributed by atoms with Gasteiger partial charge in [-0.25, -0.2) is 0 Å². The van der Waals surface area contributed by atoms with Crippen LogP contribution in [-0.4, -0.2) is 13.1 Å². The zero-order valence-electron chi connectivity index (χ0n) is 6.77. The van der Waals surface area contributed by atoms with Crippen molar-refractivity contribution < 1.29 is 0 Å². The number of nitrogens with one attached hydrogen (secondary N) is 1. The molecule has 0 aromatic carbocycles. The molecule has 1 heterocycles. The highest BCUT2D eigenvalue weighted by Gasteiger charge is 2.35. The molecule has 10 heavy (non-hydrogen) atoms. The van der Waals surface area contributed by atoms with Crippen LogP contribution in [0.3, 0.4) is 0 Å². The Hall–Kier alpha value is -0.0400. The Bertz CT molecular complexity index is 118. The van der Waals surface area contributed by atoms with Gasteiger partial charge in [0.25, 0.3) is 0 Å². The molecule has 1 N–H and O–H groups in total. The van der Waals surface area contributed by atoms with Crippen molar-refractivity contribution in [3.63, 3.8) is 0 Å². The summed E-state index contributed by atoms with van der Waals surface area (Å²) in [4.78, 5) is 0. The quantitative estimate of drug-likeness (QED) is 0.582. The number of hydrogen-bond acceptors (Lipinski definition) is 1. The predicted octanol–water partition coefficient (Wildman–Crippen LogP) is 1.64. The van der Waals surface area contributed by atoms with Crippen LogP contribution < -0.4 is 5.32 Å². The first kappa shape index (κ1) is 6.66. The summed E-state index contributed by atoms with van der Waals surface area (Å²) in [5.74, 6) is 3.12. The second kappa shape index (κ2) is 2.54. The van der Waals surface area contributed by atoms with E-state index in [9.17, 15) is 0 Å². The van der Waals surface area contributed by atoms with Gasteiger partial charge < -0.3 is 5.32 Å². The maximum absolute atomic E-state index is 3.49. The fraction of sp³-hybridized carbons (Fsp3) is 1.00. The Morgan fingerprint density at radius 3 is 2.60 bits per heavy atom. The summed E-state index contributed by atoms with van der Waals surface area (Å²) in [6, 6.07) is 0. The van der Waals surface area contributed by atoms with Crippen LogP contribution in [-0.2, 0) is 0 Å². The Morgan fingerprint density at radius 1 is 1.20 bits per heavy atom. The average Bonchev–Trinajstić information content (AvgIpc) is 2.71. The van der Waals surface area contributed by atoms with Crippen LogP contribution in [0.5, 0.6) is 0 Å². The molecule has 1 aliphatic carbocycles. The van der Waals surface area contributed by atoms with E-state index in [1.807, 2.05) is 0 Å². The van der Waals surface area contributed by atoms with Crippen molar-refractivity contribution in [2.45, 2.75) is 26.2 Å². The molecule has 1 heteroatoms. The third kappa shape index (κ3) is 1.20. The molecule has 0 radical (unpaired) electrons. The summed E-state index contributed by atoms with van der Waals surface area (Å²) in [6.45, 7) is 4.97. The zero-order valence-corrected chi connectivity index (χ0v) is 6.77. The lowest BCUT2D eigenvalue weighted by molar-refractivity contribution is 0.245. The smallest absolute Gasteiger partial charge is 0.00153 e. The van der Waals surface area contributed by atoms with E-state index in [0.717, 1.165) is 17.8 Å². The van der Waals surface area contributed by atoms with E-state index in [2.05, 4.69) is 12.2 Å². The summed E-state index contributed by atoms with van der Waals surface area (Å²) < 4.78 is 0. The first-order chi connectivity index (χ1) is 4.88. The van der Waals surface area contributed by atoms with Gasteiger partial charge in [-0.3, -0.25) is 0 Å². The van der Waals surface area contributed by atoms with E-state index in [4.69, 9.17) is 0 Å². The molecule has 2 unspecified atom stereocenters. The summed E-state index contributed by atoms with van der Waals surface area (Å²) in [5.41, 5.74) is 0. The lowest BCUT2D eigenvalue weighted by atomic mass is 9.84. The minimum atomic E-state index is 0.994. The van der Waals surface area contributed by atoms with Gasteiger partial charge in [-0.2, -0.15) is 0 Å². The van der Waals surface area contributed by atoms with Gasteiger partial charge in [-0.1, -0.05) is 6.92 Å². The maximum Gasteiger partial charge on any atom is -0.00153 e. The molecule has 1 nitrogen and oxygen atoms in total. The number of rotatable bonds is 1. The van der Waals surface area contributed by atoms with Gasteiger partial charge in [-0.15, -0.1) is 0 Å². The van der Waals surface area contributed by atoms with Gasteiger partial charge in [0.05, 0.1) is 0 Å². The minimum Gasteiger partial charge on any atom is -0.316 e. The third-order valence-electron chi connectivity index (χ3n) is 3.11. The van der Waals surface area contributed by atoms with Crippen LogP contribution in [0.2, 0.25) is 0 Å². The van der Waals surface area contributed by atoms with E-state index >= 15 is 0 Å². The molecule has 0 spiro atoms. The second-order valence-electron chi connectivity index (χ2n) is 3.97. The normalized spacial score (nSPS) is 41.7. The van der Waals surface area contributed by atoms with Crippen molar-refractivity contribution in [1.29, 1.82) is 0 Å². The summed E-state index contributed by atoms with van der Waals surface area (Å²) in [6.07, 6.45) is 4.43. The summed E-state index contributed by atoms with van der Waals surface area (Å²) >= 11 is 0. The Labute approximate surface area is 63.2 Å². The van der Waals surface area contributed by atoms with E-state index in [-0.39, 0.29) is 0 Å². The monoisotopic (exact) mass is 139 g/mol. The van der Waals surface area contributed by atoms with Gasteiger partial charge in [0.15, 0.2) is 0 Å². The van der Waals surface area contributed by atoms with Crippen LogP contribution >= 0.6 is 0 Å². The molecule has 2 fully saturated rings. The molecule has 1 saturated heterocycles. The lowest BCUT2D eigenvalue weighted by Crippen LogP contribution is -2.36. The first-order valence-electron chi connectivity index (χ1n) is 4.58. The lowest BCUT2D eigenvalue weighted by Gasteiger charge is -2.29. The highest BCUT2D eigenvalue weighted by molar-refractivity contribution is 4.87. The van der Waals surface area contributed by atoms with Crippen molar-refractivity contribution in [3.05, 3.63) is 0 Å². The summed E-state index contributed by atoms with van der Waals surface area (Å²) in [5, 5.41) is 3.49. The minimum absolute atomic E-state index is 0.994. The van der Waals surface area contributed by atoms with Gasteiger partial charge in [-0.05, 0) is 50.1 Å². The highest BCUT2D eigenvalue weighted by Crippen LogP contribution is 2.41. The van der Waals surface area contributed by atoms with E-state index in [1.165, 1.54) is 32.4 Å². The maximum atomic E-state index is 3.49. The van der Waals surface area contributed by atoms with E-state index < -0.39 is 0 Å². The highest BCUT2D eigenvalue weighted by atomic mass is 14.9. The molecule has 2 rings (SSSR count). The largest absolute Gasteiger partial charge is 0.316 e. The van der Waals surface area contributed by atoms with Crippen LogP contribution in [0.15, 0.2) is 0 Å². The number of hydrogen-bond donors (Lipinski definition) is 1. The molecule has 1 saturated carbocycles. The molecule has 2 aliphatic rings. The molecule has 0 aromatic heterocycles. The van der Waals surface area contributed by atoms with Crippen LogP contribution in [0.1, 0.15) is 26.2 Å². The SMILES string of the molecule is CC1CCNCC1C1CC1. The van der Waals surface area contributed by atoms with Gasteiger partial charge in [0.1, 0.15) is 0 Å². The van der Waals surface area contributed by atoms with E-state index in [1.54, 1.807) is 0 Å². The average molecular weight is 139 g/mol. The van der Waals surface area contributed by atoms with Crippen molar-refractivity contribution in [3.8, 4) is 0 Å². The molecular weight excluding hydrogens is 122 g/mol. The zero-order chi connectivity index (χ0) is 6.97. The van der Waals surface area contributed by atoms with Gasteiger partial charge in [0, 0.05) is 0 Å². The number of piperidine rings is 1. The Morgan fingerprint density at radius 2 is 2.00 bits per heavy atom. The van der Waals surface area contributed by atoms with Crippen LogP contribution in [0, 0.1) is 17.8 Å². The molecule has 1 aliphatic heterocycles. The van der Waals surface area contributed by atoms with Crippen LogP contribution in [0.25, 0.3) is 0 Å². The van der Waals surface area contributed by atoms with Crippen molar-refractivity contribution in [2.75, 3.05) is 13.1 Å². The molecule has 0 aromatic rings. The second-order valence-corrected chi connectivity index (χ2v) is 3.97. The molecule has 0 bridgehead atoms. The Balaban J connectivity index is 1.90. The third-order valence-corrected chi connectivity index (χ3v) is 3.11. The van der Waals surface area contributed by atoms with Crippen molar-refractivity contribution in [1.82, 2.24) is 5.32 Å². The molecular formula is C9H17N. The molecule has 2 atom stereocenters. The Kier molecular flexibility index (Phi) is 1.69. The first-order valence-corrected chi connectivity index (χ1v) is 4.58. The fourth-order valence-corrected chi connectivity index (χ4v) is 2.17. The van der Waals surface area contributed by atoms with Crippen molar-refractivity contribution >= 4 is 0 Å². The topological polar surface area (TPSA) is 12.0 Å². The molecule has 0 amide bonds. The van der Waals surface area contributed by atoms with E-state index in [0.29, 0.717) is 0 Å².